The molecule has 11 nitrogen and oxygen atoms in total. The molecule has 12 heteroatoms. The van der Waals surface area contributed by atoms with Gasteiger partial charge in [-0.3, -0.25) is 14.9 Å². The van der Waals surface area contributed by atoms with Gasteiger partial charge in [-0.25, -0.2) is 4.98 Å². The van der Waals surface area contributed by atoms with Crippen molar-refractivity contribution in [3.63, 3.8) is 0 Å². The van der Waals surface area contributed by atoms with Crippen LogP contribution in [0.1, 0.15) is 18.5 Å². The van der Waals surface area contributed by atoms with Crippen molar-refractivity contribution in [2.24, 2.45) is 0 Å². The van der Waals surface area contributed by atoms with Crippen LogP contribution in [0.5, 0.6) is 0 Å². The number of carbonyl (C=O) groups excluding carboxylic acids is 2. The van der Waals surface area contributed by atoms with Crippen molar-refractivity contribution < 1.29 is 34.3 Å². The van der Waals surface area contributed by atoms with Gasteiger partial charge in [0.25, 0.3) is 5.91 Å². The molecular formula is C17H29N4O7P. The molecule has 0 saturated carbocycles. The summed E-state index contributed by atoms with van der Waals surface area (Å²) in [6.45, 7) is 0. The van der Waals surface area contributed by atoms with Crippen LogP contribution in [0.2, 0.25) is 0 Å². The molecule has 2 unspecified atom stereocenters. The number of H-pyrrole nitrogens is 1. The largest absolute Gasteiger partial charge is 0.400 e. The van der Waals surface area contributed by atoms with Crippen molar-refractivity contribution in [3.8, 4) is 0 Å². The zero-order chi connectivity index (χ0) is 22.2. The molecule has 1 aliphatic rings. The lowest BCUT2D eigenvalue weighted by Crippen LogP contribution is -2.30. The Labute approximate surface area is 170 Å². The molecule has 1 aromatic heterocycles. The molecule has 0 bridgehead atoms. The lowest BCUT2D eigenvalue weighted by Gasteiger charge is -2.23. The summed E-state index contributed by atoms with van der Waals surface area (Å²) in [5, 5.41) is 16.1. The quantitative estimate of drug-likeness (QED) is 0.181. The Morgan fingerprint density at radius 2 is 2.07 bits per heavy atom. The number of imide groups is 1. The van der Waals surface area contributed by atoms with Crippen LogP contribution in [0.3, 0.4) is 0 Å². The fourth-order valence-corrected chi connectivity index (χ4v) is 2.85. The molecule has 6 N–H and O–H groups in total. The number of aromatic nitrogens is 2. The molecule has 0 aliphatic carbocycles. The Morgan fingerprint density at radius 1 is 1.38 bits per heavy atom. The SMILES string of the molecule is CN(/C=C(/Cc1cnc[nH]1)C(=O)NC=O)C1CCC(/C=C/P(O)O)O1.CO.CO. The van der Waals surface area contributed by atoms with Crippen LogP contribution in [-0.4, -0.2) is 80.8 Å². The maximum atomic E-state index is 12.1. The van der Waals surface area contributed by atoms with E-state index in [-0.39, 0.29) is 12.3 Å². The highest BCUT2D eigenvalue weighted by molar-refractivity contribution is 7.48. The second-order valence-electron chi connectivity index (χ2n) is 5.53. The molecule has 2 rings (SSSR count). The molecule has 29 heavy (non-hydrogen) atoms. The number of rotatable bonds is 8. The van der Waals surface area contributed by atoms with Crippen LogP contribution < -0.4 is 5.32 Å². The van der Waals surface area contributed by atoms with Gasteiger partial charge in [-0.1, -0.05) is 6.08 Å². The first-order valence-corrected chi connectivity index (χ1v) is 9.86. The standard InChI is InChI=1S/C15H21N4O5P.2CH4O/c1-19(14-3-2-13(24-14)4-5-25(22)23)8-11(15(21)18-10-20)6-12-7-16-9-17-12;2*1-2/h4-5,7-10,13-14,22-23H,2-3,6H2,1H3,(H,16,17)(H,18,20,21);2*2H,1H3/b5-4+,11-8-;;. The van der Waals surface area contributed by atoms with E-state index in [9.17, 15) is 9.59 Å². The van der Waals surface area contributed by atoms with Crippen molar-refractivity contribution in [1.29, 1.82) is 0 Å². The minimum absolute atomic E-state index is 0.204. The molecule has 1 fully saturated rings. The van der Waals surface area contributed by atoms with Crippen LogP contribution >= 0.6 is 8.38 Å². The third-order valence-corrected chi connectivity index (χ3v) is 4.13. The first kappa shape index (κ1) is 26.9. The van der Waals surface area contributed by atoms with Gasteiger partial charge in [0.1, 0.15) is 6.23 Å². The van der Waals surface area contributed by atoms with E-state index in [0.717, 1.165) is 32.8 Å². The zero-order valence-corrected chi connectivity index (χ0v) is 17.5. The molecule has 2 heterocycles. The minimum atomic E-state index is -2.08. The van der Waals surface area contributed by atoms with Gasteiger partial charge in [-0.05, 0) is 18.7 Å². The van der Waals surface area contributed by atoms with E-state index in [0.29, 0.717) is 18.4 Å². The molecule has 0 aromatic carbocycles. The molecule has 164 valence electrons. The van der Waals surface area contributed by atoms with E-state index in [2.05, 4.69) is 15.3 Å². The summed E-state index contributed by atoms with van der Waals surface area (Å²) >= 11 is 0. The first-order chi connectivity index (χ1) is 14.0. The Hall–Kier alpha value is -2.14. The van der Waals surface area contributed by atoms with E-state index in [1.165, 1.54) is 12.1 Å². The molecule has 2 atom stereocenters. The van der Waals surface area contributed by atoms with Gasteiger partial charge in [0.05, 0.1) is 12.4 Å². The fraction of sp³-hybridized carbons (Fsp3) is 0.471. The number of aromatic amines is 1. The summed E-state index contributed by atoms with van der Waals surface area (Å²) in [7, 11) is 1.70. The third kappa shape index (κ3) is 10.3. The van der Waals surface area contributed by atoms with Crippen molar-refractivity contribution in [2.45, 2.75) is 31.6 Å². The van der Waals surface area contributed by atoms with E-state index in [4.69, 9.17) is 24.7 Å². The highest BCUT2D eigenvalue weighted by Gasteiger charge is 2.26. The predicted molar refractivity (Wildman–Crippen MR) is 107 cm³/mol. The Kier molecular flexibility index (Phi) is 14.6. The van der Waals surface area contributed by atoms with E-state index in [1.54, 1.807) is 30.4 Å². The number of hydrogen-bond acceptors (Lipinski definition) is 9. The molecule has 1 aliphatic heterocycles. The maximum Gasteiger partial charge on any atom is 0.255 e. The highest BCUT2D eigenvalue weighted by atomic mass is 31.2. The fourth-order valence-electron chi connectivity index (χ4n) is 2.51. The van der Waals surface area contributed by atoms with Gasteiger partial charge in [0.15, 0.2) is 8.38 Å². The Bertz CT molecular complexity index is 638. The number of amides is 2. The number of hydrogen-bond donors (Lipinski definition) is 6. The van der Waals surface area contributed by atoms with Gasteiger partial charge < -0.3 is 34.6 Å². The van der Waals surface area contributed by atoms with Crippen LogP contribution in [0.25, 0.3) is 0 Å². The topological polar surface area (TPSA) is 168 Å². The van der Waals surface area contributed by atoms with Crippen molar-refractivity contribution in [1.82, 2.24) is 20.2 Å². The Balaban J connectivity index is 0.00000184. The smallest absolute Gasteiger partial charge is 0.255 e. The monoisotopic (exact) mass is 432 g/mol. The van der Waals surface area contributed by atoms with Crippen molar-refractivity contribution in [3.05, 3.63) is 41.9 Å². The number of nitrogens with one attached hydrogen (secondary N) is 2. The molecule has 1 saturated heterocycles. The summed E-state index contributed by atoms with van der Waals surface area (Å²) in [6.07, 6.45) is 8.04. The van der Waals surface area contributed by atoms with E-state index < -0.39 is 14.3 Å². The lowest BCUT2D eigenvalue weighted by atomic mass is 10.1. The maximum absolute atomic E-state index is 12.1. The second kappa shape index (κ2) is 15.7. The molecule has 1 aromatic rings. The highest BCUT2D eigenvalue weighted by Crippen LogP contribution is 2.29. The second-order valence-corrected chi connectivity index (χ2v) is 6.47. The molecule has 0 spiro atoms. The minimum Gasteiger partial charge on any atom is -0.400 e. The number of aliphatic hydroxyl groups is 2. The van der Waals surface area contributed by atoms with E-state index in [1.807, 2.05) is 0 Å². The van der Waals surface area contributed by atoms with Crippen LogP contribution in [-0.2, 0) is 20.7 Å². The normalized spacial score (nSPS) is 18.6. The van der Waals surface area contributed by atoms with Crippen LogP contribution in [0, 0.1) is 0 Å². The molecule has 2 amide bonds. The number of aliphatic hydroxyl groups excluding tert-OH is 2. The Morgan fingerprint density at radius 3 is 2.62 bits per heavy atom. The molecule has 0 radical (unpaired) electrons. The van der Waals surface area contributed by atoms with Crippen LogP contribution in [0.4, 0.5) is 0 Å². The van der Waals surface area contributed by atoms with Gasteiger partial charge in [-0.2, -0.15) is 0 Å². The third-order valence-electron chi connectivity index (χ3n) is 3.70. The summed E-state index contributed by atoms with van der Waals surface area (Å²) in [5.74, 6) is 0.830. The summed E-state index contributed by atoms with van der Waals surface area (Å²) in [4.78, 5) is 49.1. The van der Waals surface area contributed by atoms with Crippen molar-refractivity contribution >= 4 is 20.7 Å². The summed E-state index contributed by atoms with van der Waals surface area (Å²) < 4.78 is 5.81. The first-order valence-electron chi connectivity index (χ1n) is 8.54. The number of nitrogens with zero attached hydrogens (tertiary/aromatic N) is 2. The predicted octanol–water partition coefficient (Wildman–Crippen LogP) is -0.427. The molecular weight excluding hydrogens is 403 g/mol. The van der Waals surface area contributed by atoms with Crippen molar-refractivity contribution in [2.75, 3.05) is 21.3 Å². The van der Waals surface area contributed by atoms with Gasteiger partial charge in [0.2, 0.25) is 6.41 Å². The number of ether oxygens (including phenoxy) is 1. The van der Waals surface area contributed by atoms with Gasteiger partial charge >= 0.3 is 0 Å². The van der Waals surface area contributed by atoms with Gasteiger partial charge in [-0.15, -0.1) is 0 Å². The van der Waals surface area contributed by atoms with Gasteiger partial charge in [0, 0.05) is 51.4 Å². The number of imidazole rings is 1. The van der Waals surface area contributed by atoms with Crippen LogP contribution in [0.15, 0.2) is 36.2 Å². The number of carbonyl (C=O) groups is 2. The average molecular weight is 432 g/mol. The zero-order valence-electron chi connectivity index (χ0n) is 16.6. The summed E-state index contributed by atoms with van der Waals surface area (Å²) in [6, 6.07) is 0. The van der Waals surface area contributed by atoms with E-state index >= 15 is 0 Å². The average Bonchev–Trinajstić information content (AvgIpc) is 3.41. The summed E-state index contributed by atoms with van der Waals surface area (Å²) in [5.41, 5.74) is 1.13. The lowest BCUT2D eigenvalue weighted by molar-refractivity contribution is -0.122.